The molecule has 0 nitrogen and oxygen atoms in total. The molecule has 192 valence electrons. The van der Waals surface area contributed by atoms with Crippen molar-refractivity contribution >= 4 is 5.43 Å². The van der Waals surface area contributed by atoms with Gasteiger partial charge in [-0.2, -0.15) is 35.4 Å². The number of hydrogen-bond acceptors (Lipinski definition) is 0. The van der Waals surface area contributed by atoms with E-state index in [0.717, 1.165) is 0 Å². The van der Waals surface area contributed by atoms with Gasteiger partial charge in [-0.1, -0.05) is 86.6 Å². The summed E-state index contributed by atoms with van der Waals surface area (Å²) >= 11 is 1.74. The van der Waals surface area contributed by atoms with Crippen LogP contribution in [0.15, 0.2) is 120 Å². The van der Waals surface area contributed by atoms with Crippen molar-refractivity contribution in [2.24, 2.45) is 0 Å². The first-order valence-corrected chi connectivity index (χ1v) is 18.6. The number of fused-ring (bicyclic) bond motifs is 2. The number of halogens is 2. The molecule has 0 radical (unpaired) electrons. The molecule has 2 aliphatic carbocycles. The average molecular weight is 631 g/mol. The van der Waals surface area contributed by atoms with Crippen LogP contribution in [-0.4, -0.2) is 5.43 Å². The normalized spacial score (nSPS) is 15.9. The minimum Gasteiger partial charge on any atom is -1.00 e. The van der Waals surface area contributed by atoms with E-state index in [4.69, 9.17) is 0 Å². The fourth-order valence-electron chi connectivity index (χ4n) is 4.91. The van der Waals surface area contributed by atoms with Crippen molar-refractivity contribution < 1.29 is 48.1 Å². The van der Waals surface area contributed by atoms with E-state index >= 15 is 0 Å². The Bertz CT molecular complexity index is 1290. The van der Waals surface area contributed by atoms with E-state index in [1.165, 1.54) is 44.5 Å². The zero-order valence-corrected chi connectivity index (χ0v) is 27.3. The van der Waals surface area contributed by atoms with E-state index in [9.17, 15) is 0 Å². The van der Waals surface area contributed by atoms with Crippen LogP contribution in [0.4, 0.5) is 0 Å². The molecule has 4 aromatic carbocycles. The van der Waals surface area contributed by atoms with Crippen molar-refractivity contribution in [3.05, 3.63) is 166 Å². The number of rotatable bonds is 2. The van der Waals surface area contributed by atoms with Crippen LogP contribution < -0.4 is 24.8 Å². The molecule has 0 saturated carbocycles. The molecule has 6 rings (SSSR count). The Kier molecular flexibility index (Phi) is 13.2. The van der Waals surface area contributed by atoms with Crippen LogP contribution in [0.1, 0.15) is 59.1 Å². The first-order valence-electron chi connectivity index (χ1n) is 12.5. The van der Waals surface area contributed by atoms with Crippen LogP contribution in [0.25, 0.3) is 0 Å². The van der Waals surface area contributed by atoms with E-state index in [2.05, 4.69) is 148 Å². The van der Waals surface area contributed by atoms with E-state index in [1.807, 2.05) is 0 Å². The predicted octanol–water partition coefficient (Wildman–Crippen LogP) is 2.65. The molecule has 0 bridgehead atoms. The van der Waals surface area contributed by atoms with Crippen LogP contribution in [0.2, 0.25) is 13.1 Å². The summed E-state index contributed by atoms with van der Waals surface area (Å²) in [5.41, 5.74) is 10.8. The molecule has 4 heteroatoms. The Morgan fingerprint density at radius 3 is 1.16 bits per heavy atom. The van der Waals surface area contributed by atoms with Crippen molar-refractivity contribution in [3.63, 3.8) is 0 Å². The van der Waals surface area contributed by atoms with Crippen molar-refractivity contribution in [2.45, 2.75) is 38.8 Å². The molecule has 2 atom stereocenters. The number of hydrogen-bond donors (Lipinski definition) is 0. The summed E-state index contributed by atoms with van der Waals surface area (Å²) in [4.78, 5) is 0. The number of benzene rings is 4. The summed E-state index contributed by atoms with van der Waals surface area (Å²) < 4.78 is 0. The molecule has 0 aliphatic heterocycles. The summed E-state index contributed by atoms with van der Waals surface area (Å²) in [5.74, 6) is 0.801. The van der Waals surface area contributed by atoms with Gasteiger partial charge in [0.25, 0.3) is 0 Å². The van der Waals surface area contributed by atoms with Gasteiger partial charge in [0.15, 0.2) is 0 Å². The zero-order chi connectivity index (χ0) is 25.5. The quantitative estimate of drug-likeness (QED) is 0.236. The fraction of sp³-hybridized carbons (Fsp3) is 0.176. The molecule has 4 aromatic rings. The molecule has 0 aromatic heterocycles. The molecular weight excluding hydrogens is 599 g/mol. The second-order valence-corrected chi connectivity index (χ2v) is 18.9. The van der Waals surface area contributed by atoms with Gasteiger partial charge in [0, 0.05) is 0 Å². The van der Waals surface area contributed by atoms with Crippen molar-refractivity contribution in [3.8, 4) is 0 Å². The Morgan fingerprint density at radius 2 is 0.816 bits per heavy atom. The van der Waals surface area contributed by atoms with Gasteiger partial charge in [0.1, 0.15) is 0 Å². The third-order valence-electron chi connectivity index (χ3n) is 6.34. The fourth-order valence-corrected chi connectivity index (χ4v) is 4.91. The summed E-state index contributed by atoms with van der Waals surface area (Å²) in [7, 11) is 0. The van der Waals surface area contributed by atoms with E-state index in [0.29, 0.717) is 11.8 Å². The van der Waals surface area contributed by atoms with Crippen LogP contribution >= 0.6 is 0 Å². The Morgan fingerprint density at radius 1 is 0.526 bits per heavy atom. The van der Waals surface area contributed by atoms with Crippen LogP contribution in [0, 0.1) is 12.2 Å². The maximum atomic E-state index is 3.46. The predicted molar refractivity (Wildman–Crippen MR) is 150 cm³/mol. The number of allylic oxidation sites excluding steroid dienone is 2. The molecule has 2 aliphatic rings. The summed E-state index contributed by atoms with van der Waals surface area (Å²) in [6.45, 7) is 8.95. The van der Waals surface area contributed by atoms with Gasteiger partial charge in [-0.15, -0.1) is 46.5 Å². The van der Waals surface area contributed by atoms with Gasteiger partial charge in [0.05, 0.1) is 0 Å². The van der Waals surface area contributed by atoms with Gasteiger partial charge in [0.2, 0.25) is 0 Å². The first-order chi connectivity index (χ1) is 17.5. The molecule has 0 fully saturated rings. The van der Waals surface area contributed by atoms with Crippen molar-refractivity contribution in [1.29, 1.82) is 0 Å². The second kappa shape index (κ2) is 15.6. The van der Waals surface area contributed by atoms with E-state index < -0.39 is 0 Å². The summed E-state index contributed by atoms with van der Waals surface area (Å²) in [6, 6.07) is 38.4. The smallest absolute Gasteiger partial charge is 1.00 e. The van der Waals surface area contributed by atoms with Gasteiger partial charge in [-0.05, 0) is 23.0 Å². The molecule has 0 N–H and O–H groups in total. The van der Waals surface area contributed by atoms with Crippen LogP contribution in [0.5, 0.6) is 0 Å². The monoisotopic (exact) mass is 628 g/mol. The largest absolute Gasteiger partial charge is 1.00 e. The molecule has 0 amide bonds. The summed E-state index contributed by atoms with van der Waals surface area (Å²) in [5, 5.41) is 0. The molecule has 0 heterocycles. The van der Waals surface area contributed by atoms with Crippen LogP contribution in [-0.2, 0) is 23.3 Å². The van der Waals surface area contributed by atoms with Gasteiger partial charge in [-0.3, -0.25) is 0 Å². The topological polar surface area (TPSA) is 0 Å². The van der Waals surface area contributed by atoms with Crippen molar-refractivity contribution in [1.82, 2.24) is 0 Å². The molecule has 0 spiro atoms. The molecule has 38 heavy (non-hydrogen) atoms. The SMILES string of the molecule is CC1=[C-]c2ccccc2C1c1ccccc1.CC1=[C-]c2ccccc2C1c1ccccc1.C[Si](C)=[Zr+2].[Cl-].[Cl-]. The van der Waals surface area contributed by atoms with Crippen molar-refractivity contribution in [2.75, 3.05) is 0 Å². The summed E-state index contributed by atoms with van der Waals surface area (Å²) in [6.07, 6.45) is 6.93. The van der Waals surface area contributed by atoms with Crippen LogP contribution in [0.3, 0.4) is 0 Å². The maximum Gasteiger partial charge on any atom is -1.00 e. The van der Waals surface area contributed by atoms with E-state index in [-0.39, 0.29) is 30.2 Å². The Hall–Kier alpha value is -1.96. The van der Waals surface area contributed by atoms with Gasteiger partial charge < -0.3 is 24.8 Å². The van der Waals surface area contributed by atoms with Gasteiger partial charge in [-0.25, -0.2) is 0 Å². The third-order valence-corrected chi connectivity index (χ3v) is 6.34. The average Bonchev–Trinajstić information content (AvgIpc) is 3.40. The molecule has 2 unspecified atom stereocenters. The first kappa shape index (κ1) is 32.3. The molecular formula is C34H32Cl2SiZr-2. The molecule has 0 saturated heterocycles. The minimum atomic E-state index is 0. The second-order valence-electron chi connectivity index (χ2n) is 9.48. The third kappa shape index (κ3) is 8.03. The maximum absolute atomic E-state index is 3.46. The zero-order valence-electron chi connectivity index (χ0n) is 22.3. The Labute approximate surface area is 256 Å². The van der Waals surface area contributed by atoms with Gasteiger partial charge >= 0.3 is 41.9 Å². The standard InChI is InChI=1S/2C16H13.C2H6Si.2ClH.Zr/c2*1-12-11-14-9-5-6-10-15(14)16(12)13-7-3-2-4-8-13;1-3-2;;;/h2*2-10,16H,1H3;1-2H3;2*1H;/q2*-1;;;;+2/p-2. The van der Waals surface area contributed by atoms with E-state index in [1.54, 1.807) is 23.3 Å². The Balaban J connectivity index is 0.000000224. The minimum absolute atomic E-state index is 0.